The molecule has 0 saturated carbocycles. The molecule has 1 aliphatic heterocycles. The highest BCUT2D eigenvalue weighted by Gasteiger charge is 2.34. The average molecular weight is 301 g/mol. The van der Waals surface area contributed by atoms with Crippen molar-refractivity contribution in [3.8, 4) is 0 Å². The van der Waals surface area contributed by atoms with Crippen LogP contribution in [0, 0.1) is 6.92 Å². The Bertz CT molecular complexity index is 773. The van der Waals surface area contributed by atoms with E-state index in [0.29, 0.717) is 16.2 Å². The van der Waals surface area contributed by atoms with Crippen molar-refractivity contribution in [3.63, 3.8) is 0 Å². The number of hydrogen-bond acceptors (Lipinski definition) is 5. The van der Waals surface area contributed by atoms with Crippen molar-refractivity contribution in [2.75, 3.05) is 0 Å². The minimum atomic E-state index is -0.838. The van der Waals surface area contributed by atoms with Crippen LogP contribution in [0.1, 0.15) is 41.4 Å². The van der Waals surface area contributed by atoms with E-state index in [9.17, 15) is 14.4 Å². The lowest BCUT2D eigenvalue weighted by Gasteiger charge is -2.11. The van der Waals surface area contributed by atoms with Crippen LogP contribution in [0.2, 0.25) is 0 Å². The molecule has 0 aliphatic carbocycles. The zero-order valence-corrected chi connectivity index (χ0v) is 12.3. The maximum Gasteiger partial charge on any atom is 0.399 e. The quantitative estimate of drug-likeness (QED) is 0.814. The first kappa shape index (κ1) is 14.3. The highest BCUT2D eigenvalue weighted by atomic mass is 16.7. The Hall–Kier alpha value is -2.63. The molecule has 1 saturated heterocycles. The molecule has 0 radical (unpaired) electrons. The molecule has 22 heavy (non-hydrogen) atoms. The van der Waals surface area contributed by atoms with Crippen LogP contribution in [-0.2, 0) is 20.8 Å². The van der Waals surface area contributed by atoms with Gasteiger partial charge in [0.2, 0.25) is 5.76 Å². The first-order valence-electron chi connectivity index (χ1n) is 7.11. The number of carbonyl (C=O) groups excluding carboxylic acids is 3. The summed E-state index contributed by atoms with van der Waals surface area (Å²) in [5.41, 5.74) is 2.33. The minimum Gasteiger partial charge on any atom is -0.449 e. The largest absolute Gasteiger partial charge is 0.449 e. The maximum atomic E-state index is 12.2. The first-order valence-corrected chi connectivity index (χ1v) is 7.11. The summed E-state index contributed by atoms with van der Waals surface area (Å²) in [5.74, 6) is -1.85. The molecule has 0 unspecified atom stereocenters. The Morgan fingerprint density at radius 1 is 1.27 bits per heavy atom. The summed E-state index contributed by atoms with van der Waals surface area (Å²) in [4.78, 5) is 40.0. The lowest BCUT2D eigenvalue weighted by Crippen LogP contribution is -2.32. The molecule has 114 valence electrons. The van der Waals surface area contributed by atoms with Crippen LogP contribution in [-0.4, -0.2) is 22.8 Å². The van der Waals surface area contributed by atoms with Crippen molar-refractivity contribution < 1.29 is 23.6 Å². The maximum absolute atomic E-state index is 12.2. The Morgan fingerprint density at radius 2 is 1.95 bits per heavy atom. The molecule has 0 N–H and O–H groups in total. The van der Waals surface area contributed by atoms with Gasteiger partial charge in [-0.2, -0.15) is 0 Å². The van der Waals surface area contributed by atoms with Gasteiger partial charge in [-0.15, -0.1) is 5.06 Å². The molecular weight excluding hydrogens is 286 g/mol. The summed E-state index contributed by atoms with van der Waals surface area (Å²) in [7, 11) is 0. The van der Waals surface area contributed by atoms with E-state index >= 15 is 0 Å². The zero-order chi connectivity index (χ0) is 15.9. The fraction of sp³-hybridized carbons (Fsp3) is 0.312. The fourth-order valence-electron chi connectivity index (χ4n) is 2.46. The third-order valence-corrected chi connectivity index (χ3v) is 3.77. The molecule has 1 aromatic carbocycles. The summed E-state index contributed by atoms with van der Waals surface area (Å²) in [6.07, 6.45) is 0.993. The summed E-state index contributed by atoms with van der Waals surface area (Å²) < 4.78 is 5.52. The number of imide groups is 1. The Labute approximate surface area is 126 Å². The van der Waals surface area contributed by atoms with Crippen molar-refractivity contribution in [2.45, 2.75) is 33.1 Å². The topological polar surface area (TPSA) is 76.8 Å². The second kappa shape index (κ2) is 5.29. The van der Waals surface area contributed by atoms with Crippen molar-refractivity contribution in [1.82, 2.24) is 5.06 Å². The number of hydrogen-bond donors (Lipinski definition) is 0. The van der Waals surface area contributed by atoms with Gasteiger partial charge in [-0.3, -0.25) is 9.59 Å². The van der Waals surface area contributed by atoms with Crippen molar-refractivity contribution >= 4 is 28.8 Å². The number of benzene rings is 1. The van der Waals surface area contributed by atoms with Crippen LogP contribution in [0.25, 0.3) is 11.0 Å². The molecule has 1 aromatic heterocycles. The van der Waals surface area contributed by atoms with Crippen LogP contribution in [0.4, 0.5) is 0 Å². The van der Waals surface area contributed by atoms with E-state index < -0.39 is 17.8 Å². The van der Waals surface area contributed by atoms with Crippen LogP contribution in [0.5, 0.6) is 0 Å². The molecule has 3 rings (SSSR count). The van der Waals surface area contributed by atoms with Gasteiger partial charge < -0.3 is 9.25 Å². The number of hydroxylamine groups is 2. The molecule has 2 amide bonds. The van der Waals surface area contributed by atoms with E-state index in [2.05, 4.69) is 0 Å². The number of nitrogens with zero attached hydrogens (tertiary/aromatic N) is 1. The Kier molecular flexibility index (Phi) is 3.44. The number of rotatable bonds is 3. The van der Waals surface area contributed by atoms with Crippen LogP contribution in [0.3, 0.4) is 0 Å². The normalized spacial score (nSPS) is 14.9. The lowest BCUT2D eigenvalue weighted by molar-refractivity contribution is -0.173. The van der Waals surface area contributed by atoms with E-state index in [1.165, 1.54) is 0 Å². The van der Waals surface area contributed by atoms with Gasteiger partial charge in [0.15, 0.2) is 0 Å². The van der Waals surface area contributed by atoms with Gasteiger partial charge in [-0.05, 0) is 31.0 Å². The van der Waals surface area contributed by atoms with Crippen molar-refractivity contribution in [3.05, 3.63) is 35.1 Å². The number of amides is 2. The SMILES string of the molecule is CCc1ccc2oc(C(=O)ON3C(=O)CCC3=O)c(C)c2c1. The number of carbonyl (C=O) groups is 3. The van der Waals surface area contributed by atoms with Gasteiger partial charge in [0.25, 0.3) is 11.8 Å². The van der Waals surface area contributed by atoms with Gasteiger partial charge in [-0.25, -0.2) is 4.79 Å². The highest BCUT2D eigenvalue weighted by Crippen LogP contribution is 2.27. The van der Waals surface area contributed by atoms with E-state index in [4.69, 9.17) is 9.25 Å². The van der Waals surface area contributed by atoms with Crippen LogP contribution >= 0.6 is 0 Å². The number of fused-ring (bicyclic) bond motifs is 1. The summed E-state index contributed by atoms with van der Waals surface area (Å²) in [6, 6.07) is 5.68. The van der Waals surface area contributed by atoms with Crippen LogP contribution in [0.15, 0.2) is 22.6 Å². The zero-order valence-electron chi connectivity index (χ0n) is 12.3. The number of furan rings is 1. The van der Waals surface area contributed by atoms with E-state index in [0.717, 1.165) is 17.4 Å². The van der Waals surface area contributed by atoms with E-state index in [1.54, 1.807) is 13.0 Å². The third-order valence-electron chi connectivity index (χ3n) is 3.77. The summed E-state index contributed by atoms with van der Waals surface area (Å²) in [5, 5.41) is 1.34. The predicted octanol–water partition coefficient (Wildman–Crippen LogP) is 2.52. The molecular formula is C16H15NO5. The molecule has 0 spiro atoms. The average Bonchev–Trinajstić information content (AvgIpc) is 3.01. The molecule has 2 aromatic rings. The third kappa shape index (κ3) is 2.26. The molecule has 1 fully saturated rings. The van der Waals surface area contributed by atoms with Crippen molar-refractivity contribution in [1.29, 1.82) is 0 Å². The molecule has 0 bridgehead atoms. The minimum absolute atomic E-state index is 0.00996. The molecule has 6 nitrogen and oxygen atoms in total. The van der Waals surface area contributed by atoms with Crippen molar-refractivity contribution in [2.24, 2.45) is 0 Å². The summed E-state index contributed by atoms with van der Waals surface area (Å²) in [6.45, 7) is 3.78. The monoisotopic (exact) mass is 301 g/mol. The highest BCUT2D eigenvalue weighted by molar-refractivity contribution is 6.03. The Morgan fingerprint density at radius 3 is 2.59 bits per heavy atom. The Balaban J connectivity index is 1.92. The smallest absolute Gasteiger partial charge is 0.399 e. The van der Waals surface area contributed by atoms with Gasteiger partial charge in [-0.1, -0.05) is 13.0 Å². The first-order chi connectivity index (χ1) is 10.5. The van der Waals surface area contributed by atoms with Gasteiger partial charge >= 0.3 is 5.97 Å². The van der Waals surface area contributed by atoms with Gasteiger partial charge in [0, 0.05) is 23.8 Å². The molecule has 1 aliphatic rings. The second-order valence-corrected chi connectivity index (χ2v) is 5.20. The second-order valence-electron chi connectivity index (χ2n) is 5.20. The molecule has 2 heterocycles. The molecule has 0 atom stereocenters. The van der Waals surface area contributed by atoms with Crippen LogP contribution < -0.4 is 0 Å². The lowest BCUT2D eigenvalue weighted by atomic mass is 10.1. The standard InChI is InChI=1S/C16H15NO5/c1-3-10-4-5-12-11(8-10)9(2)15(21-12)16(20)22-17-13(18)6-7-14(17)19/h4-5,8H,3,6-7H2,1-2H3. The summed E-state index contributed by atoms with van der Waals surface area (Å²) >= 11 is 0. The fourth-order valence-corrected chi connectivity index (χ4v) is 2.46. The van der Waals surface area contributed by atoms with E-state index in [-0.39, 0.29) is 18.6 Å². The van der Waals surface area contributed by atoms with Gasteiger partial charge in [0.1, 0.15) is 5.58 Å². The molecule has 6 heteroatoms. The van der Waals surface area contributed by atoms with E-state index in [1.807, 2.05) is 19.1 Å². The predicted molar refractivity (Wildman–Crippen MR) is 76.8 cm³/mol. The number of aryl methyl sites for hydroxylation is 2. The van der Waals surface area contributed by atoms with Gasteiger partial charge in [0.05, 0.1) is 0 Å².